The molecule has 0 radical (unpaired) electrons. The van der Waals surface area contributed by atoms with Gasteiger partial charge in [-0.2, -0.15) is 0 Å². The molecule has 1 aliphatic rings. The number of hydrogen-bond acceptors (Lipinski definition) is 7. The lowest BCUT2D eigenvalue weighted by atomic mass is 9.95. The summed E-state index contributed by atoms with van der Waals surface area (Å²) in [6, 6.07) is 1.59. The number of ether oxygens (including phenoxy) is 1. The summed E-state index contributed by atoms with van der Waals surface area (Å²) in [5.41, 5.74) is 0.883. The number of pyridine rings is 2. The Hall–Kier alpha value is -1.13. The molecule has 0 aromatic carbocycles. The number of fused-ring (bicyclic) bond motifs is 1. The monoisotopic (exact) mass is 487 g/mol. The minimum absolute atomic E-state index is 0.175. The van der Waals surface area contributed by atoms with Crippen molar-refractivity contribution in [1.29, 1.82) is 0 Å². The second-order valence-electron chi connectivity index (χ2n) is 9.07. The molecule has 0 spiro atoms. The second kappa shape index (κ2) is 9.39. The van der Waals surface area contributed by atoms with Crippen LogP contribution in [0.15, 0.2) is 18.5 Å². The van der Waals surface area contributed by atoms with E-state index in [0.29, 0.717) is 29.3 Å². The Balaban J connectivity index is 1.92. The van der Waals surface area contributed by atoms with Gasteiger partial charge in [-0.3, -0.25) is 0 Å². The predicted molar refractivity (Wildman–Crippen MR) is 126 cm³/mol. The van der Waals surface area contributed by atoms with Gasteiger partial charge in [0.05, 0.1) is 16.7 Å². The molecular weight excluding hydrogens is 458 g/mol. The largest absolute Gasteiger partial charge is 0.598 e. The zero-order chi connectivity index (χ0) is 23.0. The summed E-state index contributed by atoms with van der Waals surface area (Å²) in [6.45, 7) is 7.85. The third kappa shape index (κ3) is 5.82. The Kier molecular flexibility index (Phi) is 7.42. The van der Waals surface area contributed by atoms with E-state index >= 15 is 0 Å². The predicted octanol–water partition coefficient (Wildman–Crippen LogP) is 4.13. The number of sulfone groups is 1. The molecule has 0 bridgehead atoms. The van der Waals surface area contributed by atoms with E-state index in [0.717, 1.165) is 23.8 Å². The zero-order valence-corrected chi connectivity index (χ0v) is 20.9. The molecule has 7 nitrogen and oxygen atoms in total. The molecule has 2 aromatic rings. The van der Waals surface area contributed by atoms with Crippen LogP contribution in [0.25, 0.3) is 10.8 Å². The van der Waals surface area contributed by atoms with Crippen molar-refractivity contribution >= 4 is 43.6 Å². The fraction of sp³-hybridized carbons (Fsp3) is 0.619. The van der Waals surface area contributed by atoms with Crippen LogP contribution in [0.5, 0.6) is 5.88 Å². The van der Waals surface area contributed by atoms with Gasteiger partial charge in [-0.05, 0) is 38.6 Å². The van der Waals surface area contributed by atoms with E-state index in [1.54, 1.807) is 18.5 Å². The van der Waals surface area contributed by atoms with E-state index in [-0.39, 0.29) is 17.4 Å². The minimum Gasteiger partial charge on any atom is -0.598 e. The van der Waals surface area contributed by atoms with Crippen molar-refractivity contribution in [2.45, 2.75) is 75.5 Å². The first kappa shape index (κ1) is 24.5. The van der Waals surface area contributed by atoms with Gasteiger partial charge in [-0.15, -0.1) is 4.72 Å². The van der Waals surface area contributed by atoms with Crippen LogP contribution in [-0.4, -0.2) is 45.3 Å². The summed E-state index contributed by atoms with van der Waals surface area (Å²) in [6.07, 6.45) is 6.99. The first-order valence-electron chi connectivity index (χ1n) is 10.4. The molecule has 1 aliphatic carbocycles. The highest BCUT2D eigenvalue weighted by Gasteiger charge is 2.38. The fourth-order valence-electron chi connectivity index (χ4n) is 3.47. The molecule has 0 aliphatic heterocycles. The molecule has 2 heterocycles. The molecule has 2 atom stereocenters. The Morgan fingerprint density at radius 3 is 2.55 bits per heavy atom. The van der Waals surface area contributed by atoms with E-state index < -0.39 is 25.9 Å². The molecule has 1 unspecified atom stereocenters. The van der Waals surface area contributed by atoms with Gasteiger partial charge in [0.1, 0.15) is 16.0 Å². The third-order valence-electron chi connectivity index (χ3n) is 5.43. The van der Waals surface area contributed by atoms with E-state index in [1.807, 2.05) is 20.8 Å². The van der Waals surface area contributed by atoms with Crippen molar-refractivity contribution in [3.63, 3.8) is 0 Å². The molecular formula is C21H30ClN3O4S2. The SMILES string of the molecule is CCC[C@@H](N[S+]([O-])C(C)(C)C)c1cnc(OC2CC(S(C)(=O)=O)C2)c2cnc(Cl)cc12. The van der Waals surface area contributed by atoms with E-state index in [2.05, 4.69) is 21.6 Å². The maximum absolute atomic E-state index is 12.8. The van der Waals surface area contributed by atoms with Gasteiger partial charge in [0.2, 0.25) is 5.88 Å². The molecule has 1 fully saturated rings. The van der Waals surface area contributed by atoms with Crippen LogP contribution in [0.3, 0.4) is 0 Å². The fourth-order valence-corrected chi connectivity index (χ4v) is 5.61. The van der Waals surface area contributed by atoms with E-state index in [1.165, 1.54) is 6.26 Å². The summed E-state index contributed by atoms with van der Waals surface area (Å²) in [4.78, 5) is 8.71. The van der Waals surface area contributed by atoms with Crippen LogP contribution in [0.4, 0.5) is 0 Å². The van der Waals surface area contributed by atoms with Gasteiger partial charge in [-0.25, -0.2) is 18.4 Å². The van der Waals surface area contributed by atoms with Crippen LogP contribution in [-0.2, 0) is 21.2 Å². The molecule has 172 valence electrons. The smallest absolute Gasteiger partial charge is 0.223 e. The summed E-state index contributed by atoms with van der Waals surface area (Å²) in [5, 5.41) is 1.52. The Morgan fingerprint density at radius 2 is 1.97 bits per heavy atom. The summed E-state index contributed by atoms with van der Waals surface area (Å²) in [5.74, 6) is 0.409. The maximum Gasteiger partial charge on any atom is 0.223 e. The van der Waals surface area contributed by atoms with Crippen LogP contribution in [0.2, 0.25) is 5.15 Å². The molecule has 2 aromatic heterocycles. The van der Waals surface area contributed by atoms with Crippen LogP contribution < -0.4 is 9.46 Å². The molecule has 10 heteroatoms. The lowest BCUT2D eigenvalue weighted by Gasteiger charge is -2.34. The first-order valence-corrected chi connectivity index (χ1v) is 13.9. The van der Waals surface area contributed by atoms with Gasteiger partial charge in [0.25, 0.3) is 0 Å². The van der Waals surface area contributed by atoms with Gasteiger partial charge in [0.15, 0.2) is 9.84 Å². The Bertz CT molecular complexity index is 1040. The lowest BCUT2D eigenvalue weighted by molar-refractivity contribution is 0.119. The van der Waals surface area contributed by atoms with Gasteiger partial charge in [-0.1, -0.05) is 24.9 Å². The topological polar surface area (TPSA) is 104 Å². The van der Waals surface area contributed by atoms with Crippen molar-refractivity contribution in [3.05, 3.63) is 29.2 Å². The van der Waals surface area contributed by atoms with Gasteiger partial charge in [0, 0.05) is 48.4 Å². The number of nitrogens with zero attached hydrogens (tertiary/aromatic N) is 2. The second-order valence-corrected chi connectivity index (χ2v) is 13.8. The Labute approximate surface area is 192 Å². The average Bonchev–Trinajstić information content (AvgIpc) is 2.61. The molecule has 0 amide bonds. The summed E-state index contributed by atoms with van der Waals surface area (Å²) < 4.78 is 45.0. The highest BCUT2D eigenvalue weighted by molar-refractivity contribution is 7.91. The average molecular weight is 488 g/mol. The number of aromatic nitrogens is 2. The third-order valence-corrected chi connectivity index (χ3v) is 8.84. The highest BCUT2D eigenvalue weighted by Crippen LogP contribution is 2.36. The van der Waals surface area contributed by atoms with Crippen LogP contribution >= 0.6 is 11.6 Å². The minimum atomic E-state index is -3.05. The number of nitrogens with one attached hydrogen (secondary N) is 1. The van der Waals surface area contributed by atoms with Gasteiger partial charge < -0.3 is 9.29 Å². The molecule has 1 saturated carbocycles. The van der Waals surface area contributed by atoms with Crippen molar-refractivity contribution < 1.29 is 17.7 Å². The molecule has 1 N–H and O–H groups in total. The quantitative estimate of drug-likeness (QED) is 0.440. The van der Waals surface area contributed by atoms with Gasteiger partial charge >= 0.3 is 0 Å². The number of halogens is 1. The standard InChI is InChI=1S/C21H30ClN3O4S2/c1-6-7-18(25-30(26)21(2,3)4)16-11-24-20(17-12-23-19(22)10-15(16)17)29-13-8-14(9-13)31(5,27)28/h10-14,18,25H,6-9H2,1-5H3/t13?,14?,18-,30?/m1/s1. The maximum atomic E-state index is 12.8. The van der Waals surface area contributed by atoms with Crippen molar-refractivity contribution in [3.8, 4) is 5.88 Å². The molecule has 0 saturated heterocycles. The van der Waals surface area contributed by atoms with Crippen LogP contribution in [0, 0.1) is 0 Å². The van der Waals surface area contributed by atoms with Crippen molar-refractivity contribution in [2.75, 3.05) is 6.26 Å². The normalized spacial score (nSPS) is 21.5. The van der Waals surface area contributed by atoms with E-state index in [9.17, 15) is 13.0 Å². The van der Waals surface area contributed by atoms with E-state index in [4.69, 9.17) is 16.3 Å². The summed E-state index contributed by atoms with van der Waals surface area (Å²) in [7, 11) is -3.05. The zero-order valence-electron chi connectivity index (χ0n) is 18.5. The number of hydrogen-bond donors (Lipinski definition) is 1. The van der Waals surface area contributed by atoms with Crippen molar-refractivity contribution in [2.24, 2.45) is 0 Å². The van der Waals surface area contributed by atoms with Crippen molar-refractivity contribution in [1.82, 2.24) is 14.7 Å². The Morgan fingerprint density at radius 1 is 1.29 bits per heavy atom. The summed E-state index contributed by atoms with van der Waals surface area (Å²) >= 11 is 4.95. The van der Waals surface area contributed by atoms with Crippen LogP contribution in [0.1, 0.15) is 65.0 Å². The first-order chi connectivity index (χ1) is 14.4. The lowest BCUT2D eigenvalue weighted by Crippen LogP contribution is -2.42. The molecule has 3 rings (SSSR count). The highest BCUT2D eigenvalue weighted by atomic mass is 35.5. The number of rotatable bonds is 8. The molecule has 31 heavy (non-hydrogen) atoms.